The first-order valence-electron chi connectivity index (χ1n) is 41.4. The fourth-order valence-electron chi connectivity index (χ4n) is 10.5. The van der Waals surface area contributed by atoms with E-state index in [0.29, 0.717) is 25.7 Å². The smallest absolute Gasteiger partial charge is 0.462 e. The average Bonchev–Trinajstić information content (AvgIpc) is 0.901. The highest BCUT2D eigenvalue weighted by Gasteiger charge is 2.30. The van der Waals surface area contributed by atoms with Crippen molar-refractivity contribution >= 4 is 39.5 Å². The van der Waals surface area contributed by atoms with Gasteiger partial charge in [0, 0.05) is 25.7 Å². The van der Waals surface area contributed by atoms with Crippen molar-refractivity contribution in [3.63, 3.8) is 0 Å². The number of aliphatic hydroxyl groups excluding tert-OH is 1. The fraction of sp³-hybridized carbons (Fsp3) is 0.640. The van der Waals surface area contributed by atoms with Crippen molar-refractivity contribution < 1.29 is 80.2 Å². The minimum absolute atomic E-state index is 0.0619. The van der Waals surface area contributed by atoms with E-state index in [0.717, 1.165) is 231 Å². The molecule has 0 aliphatic carbocycles. The van der Waals surface area contributed by atoms with Crippen molar-refractivity contribution in [3.05, 3.63) is 170 Å². The van der Waals surface area contributed by atoms with Crippen LogP contribution in [0.15, 0.2) is 170 Å². The third-order valence-electron chi connectivity index (χ3n) is 16.7. The molecule has 0 aromatic carbocycles. The number of esters is 4. The molecule has 0 bridgehead atoms. The number of phosphoric ester groups is 2. The Morgan fingerprint density at radius 3 is 0.704 bits per heavy atom. The van der Waals surface area contributed by atoms with Crippen LogP contribution in [0.2, 0.25) is 0 Å². The van der Waals surface area contributed by atoms with Gasteiger partial charge in [-0.2, -0.15) is 0 Å². The summed E-state index contributed by atoms with van der Waals surface area (Å²) in [7, 11) is -10.00. The SMILES string of the molecule is CC/C=C\C/C=C\C/C=C\C/C=C\C/C=C\CCCCCC(=O)OCC(COP(=O)(O)OCC(O)COP(=O)(O)OCC(COC(=O)CCCCCCCCC/C=C\C/C=C\C/C=C\CC)OC(=O)CCCCCCCCC/C=C\C/C=C\C/C=C\CC)OC(=O)CCCCCCC/C=C\C/C=C\C/C=C\CC. The fourth-order valence-corrected chi connectivity index (χ4v) is 12.1. The zero-order valence-electron chi connectivity index (χ0n) is 67.2. The number of carbonyl (C=O) groups excluding carboxylic acids is 4. The molecule has 0 aliphatic rings. The molecule has 5 unspecified atom stereocenters. The molecule has 0 fully saturated rings. The molecule has 108 heavy (non-hydrogen) atoms. The van der Waals surface area contributed by atoms with Gasteiger partial charge in [0.05, 0.1) is 26.4 Å². The van der Waals surface area contributed by atoms with Crippen LogP contribution in [0.1, 0.15) is 310 Å². The summed E-state index contributed by atoms with van der Waals surface area (Å²) in [6.45, 7) is 4.36. The molecule has 0 aromatic heterocycles. The zero-order chi connectivity index (χ0) is 78.9. The van der Waals surface area contributed by atoms with Crippen LogP contribution in [0.25, 0.3) is 0 Å². The van der Waals surface area contributed by atoms with E-state index < -0.39 is 97.5 Å². The van der Waals surface area contributed by atoms with Crippen LogP contribution in [0.5, 0.6) is 0 Å². The topological polar surface area (TPSA) is 237 Å². The summed E-state index contributed by atoms with van der Waals surface area (Å²) < 4.78 is 68.7. The van der Waals surface area contributed by atoms with Crippen LogP contribution in [-0.4, -0.2) is 96.7 Å². The maximum absolute atomic E-state index is 13.1. The van der Waals surface area contributed by atoms with Crippen molar-refractivity contribution in [1.82, 2.24) is 0 Å². The summed E-state index contributed by atoms with van der Waals surface area (Å²) in [5.74, 6) is -2.26. The van der Waals surface area contributed by atoms with E-state index >= 15 is 0 Å². The average molecular weight is 1550 g/mol. The highest BCUT2D eigenvalue weighted by atomic mass is 31.2. The van der Waals surface area contributed by atoms with Crippen molar-refractivity contribution in [2.75, 3.05) is 39.6 Å². The maximum atomic E-state index is 13.1. The first-order valence-corrected chi connectivity index (χ1v) is 44.4. The number of phosphoric acid groups is 2. The molecule has 19 heteroatoms. The highest BCUT2D eigenvalue weighted by molar-refractivity contribution is 7.47. The molecule has 0 aliphatic heterocycles. The van der Waals surface area contributed by atoms with Crippen LogP contribution in [0, 0.1) is 0 Å². The molecular weight excluding hydrogens is 1400 g/mol. The van der Waals surface area contributed by atoms with Crippen molar-refractivity contribution in [1.29, 1.82) is 0 Å². The lowest BCUT2D eigenvalue weighted by Crippen LogP contribution is -2.30. The normalized spacial score (nSPS) is 14.7. The van der Waals surface area contributed by atoms with Crippen LogP contribution in [0.3, 0.4) is 0 Å². The van der Waals surface area contributed by atoms with E-state index in [1.807, 2.05) is 0 Å². The minimum atomic E-state index is -5.00. The molecule has 0 heterocycles. The first-order chi connectivity index (χ1) is 52.7. The number of rotatable bonds is 76. The second-order valence-corrected chi connectivity index (χ2v) is 29.8. The monoisotopic (exact) mass is 1550 g/mol. The van der Waals surface area contributed by atoms with Crippen molar-refractivity contribution in [2.24, 2.45) is 0 Å². The largest absolute Gasteiger partial charge is 0.472 e. The quantitative estimate of drug-likeness (QED) is 0.0169. The van der Waals surface area contributed by atoms with Gasteiger partial charge in [-0.15, -0.1) is 0 Å². The molecule has 5 atom stereocenters. The number of hydrogen-bond acceptors (Lipinski definition) is 15. The third kappa shape index (κ3) is 78.5. The zero-order valence-corrected chi connectivity index (χ0v) is 69.0. The Morgan fingerprint density at radius 2 is 0.454 bits per heavy atom. The van der Waals surface area contributed by atoms with Gasteiger partial charge in [0.15, 0.2) is 12.2 Å². The molecule has 3 N–H and O–H groups in total. The van der Waals surface area contributed by atoms with Gasteiger partial charge < -0.3 is 33.8 Å². The van der Waals surface area contributed by atoms with E-state index in [-0.39, 0.29) is 25.7 Å². The lowest BCUT2D eigenvalue weighted by atomic mass is 10.1. The number of carbonyl (C=O) groups is 4. The van der Waals surface area contributed by atoms with Crippen molar-refractivity contribution in [2.45, 2.75) is 329 Å². The number of unbranched alkanes of at least 4 members (excludes halogenated alkanes) is 22. The Kier molecular flexibility index (Phi) is 75.4. The predicted molar refractivity (Wildman–Crippen MR) is 445 cm³/mol. The molecule has 0 amide bonds. The Morgan fingerprint density at radius 1 is 0.259 bits per heavy atom. The van der Waals surface area contributed by atoms with Gasteiger partial charge in [0.1, 0.15) is 19.3 Å². The summed E-state index contributed by atoms with van der Waals surface area (Å²) in [6, 6.07) is 0. The van der Waals surface area contributed by atoms with E-state index in [2.05, 4.69) is 198 Å². The predicted octanol–water partition coefficient (Wildman–Crippen LogP) is 24.6. The molecule has 0 aromatic rings. The van der Waals surface area contributed by atoms with Gasteiger partial charge in [-0.1, -0.05) is 288 Å². The van der Waals surface area contributed by atoms with E-state index in [4.69, 9.17) is 37.0 Å². The second kappa shape index (κ2) is 79.5. The summed E-state index contributed by atoms with van der Waals surface area (Å²) in [6.07, 6.45) is 94.6. The minimum Gasteiger partial charge on any atom is -0.462 e. The molecule has 0 radical (unpaired) electrons. The summed E-state index contributed by atoms with van der Waals surface area (Å²) in [5.41, 5.74) is 0. The lowest BCUT2D eigenvalue weighted by Gasteiger charge is -2.21. The number of ether oxygens (including phenoxy) is 4. The molecule has 614 valence electrons. The molecule has 0 saturated carbocycles. The standard InChI is InChI=1S/C89H146O17P2/c1-5-9-13-17-21-25-29-33-37-40-41-44-47-50-54-58-62-66-70-74-87(92)100-79-84(105-88(93)75-71-67-63-59-55-51-45-36-32-28-24-20-16-12-8-4)81-103-107(95,96)101-77-83(90)78-102-108(97,98)104-82-85(106-89(94)76-72-68-64-60-56-52-48-43-39-35-31-27-23-19-15-11-7-3)80-99-86(91)73-69-65-61-57-53-49-46-42-38-34-30-26-22-18-14-10-6-2/h9-16,21-28,33-39,41,44-45,50,54,83-85,90H,5-8,17-20,29-32,40,42-43,46-49,51-53,55-82H2,1-4H3,(H,95,96)(H,97,98)/b13-9-,14-10-,15-11-,16-12-,25-21-,26-22-,27-23-,28-24-,37-33-,38-34-,39-35-,44-41-,45-36-,54-50-. The van der Waals surface area contributed by atoms with Gasteiger partial charge in [-0.25, -0.2) is 9.13 Å². The number of allylic oxidation sites excluding steroid dienone is 28. The van der Waals surface area contributed by atoms with Crippen molar-refractivity contribution in [3.8, 4) is 0 Å². The van der Waals surface area contributed by atoms with Crippen LogP contribution < -0.4 is 0 Å². The van der Waals surface area contributed by atoms with Gasteiger partial charge in [0.2, 0.25) is 0 Å². The third-order valence-corrected chi connectivity index (χ3v) is 18.6. The molecule has 0 rings (SSSR count). The summed E-state index contributed by atoms with van der Waals surface area (Å²) in [4.78, 5) is 73.2. The van der Waals surface area contributed by atoms with E-state index in [1.165, 1.54) is 0 Å². The highest BCUT2D eigenvalue weighted by Crippen LogP contribution is 2.45. The van der Waals surface area contributed by atoms with Crippen LogP contribution >= 0.6 is 15.6 Å². The summed E-state index contributed by atoms with van der Waals surface area (Å²) in [5, 5.41) is 10.7. The number of hydrogen-bond donors (Lipinski definition) is 3. The second-order valence-electron chi connectivity index (χ2n) is 26.9. The van der Waals surface area contributed by atoms with E-state index in [1.54, 1.807) is 0 Å². The molecule has 17 nitrogen and oxygen atoms in total. The Bertz CT molecular complexity index is 2710. The first kappa shape index (κ1) is 102. The maximum Gasteiger partial charge on any atom is 0.472 e. The van der Waals surface area contributed by atoms with Crippen LogP contribution in [-0.2, 0) is 65.4 Å². The summed E-state index contributed by atoms with van der Waals surface area (Å²) >= 11 is 0. The van der Waals surface area contributed by atoms with Gasteiger partial charge in [-0.05, 0) is 167 Å². The van der Waals surface area contributed by atoms with Gasteiger partial charge in [-0.3, -0.25) is 37.3 Å². The molecule has 0 saturated heterocycles. The molecular formula is C89H146O17P2. The Hall–Kier alpha value is -5.58. The van der Waals surface area contributed by atoms with Gasteiger partial charge in [0.25, 0.3) is 0 Å². The lowest BCUT2D eigenvalue weighted by molar-refractivity contribution is -0.161. The van der Waals surface area contributed by atoms with E-state index in [9.17, 15) is 43.2 Å². The van der Waals surface area contributed by atoms with Crippen LogP contribution in [0.4, 0.5) is 0 Å². The van der Waals surface area contributed by atoms with Gasteiger partial charge >= 0.3 is 39.5 Å². The Balaban J connectivity index is 5.44. The number of aliphatic hydroxyl groups is 1. The molecule has 0 spiro atoms. The Labute approximate surface area is 654 Å².